The van der Waals surface area contributed by atoms with Gasteiger partial charge in [-0.05, 0) is 36.4 Å². The van der Waals surface area contributed by atoms with Gasteiger partial charge in [0, 0.05) is 4.90 Å². The number of oxazole rings is 1. The summed E-state index contributed by atoms with van der Waals surface area (Å²) >= 11 is 1.29. The van der Waals surface area contributed by atoms with E-state index in [1.807, 2.05) is 0 Å². The first-order chi connectivity index (χ1) is 8.20. The second-order valence-electron chi connectivity index (χ2n) is 3.44. The fraction of sp³-hybridized carbons (Fsp3) is 0.167. The van der Waals surface area contributed by atoms with Gasteiger partial charge in [-0.1, -0.05) is 6.07 Å². The molecule has 0 aliphatic heterocycles. The van der Waals surface area contributed by atoms with Crippen molar-refractivity contribution < 1.29 is 9.52 Å². The maximum atomic E-state index is 9.65. The van der Waals surface area contributed by atoms with Gasteiger partial charge in [0.25, 0.3) is 5.22 Å². The number of hydrogen-bond acceptors (Lipinski definition) is 5. The third kappa shape index (κ3) is 2.67. The summed E-state index contributed by atoms with van der Waals surface area (Å²) < 4.78 is 5.13. The number of aromatic nitrogens is 1. The van der Waals surface area contributed by atoms with Gasteiger partial charge in [0.15, 0.2) is 0 Å². The minimum atomic E-state index is -0.597. The first-order valence-electron chi connectivity index (χ1n) is 5.00. The van der Waals surface area contributed by atoms with Gasteiger partial charge >= 0.3 is 0 Å². The van der Waals surface area contributed by atoms with E-state index in [9.17, 15) is 5.11 Å². The highest BCUT2D eigenvalue weighted by molar-refractivity contribution is 7.99. The molecule has 1 heterocycles. The Balaban J connectivity index is 2.39. The monoisotopic (exact) mass is 246 g/mol. The molecule has 0 radical (unpaired) electrons. The van der Waals surface area contributed by atoms with Crippen LogP contribution in [0.4, 0.5) is 0 Å². The SMILES string of the molecule is C[C@H](O)c1ccc(C#N)cc1Sc1ncco1. The van der Waals surface area contributed by atoms with Crippen LogP contribution >= 0.6 is 11.8 Å². The zero-order chi connectivity index (χ0) is 12.3. The molecule has 1 atom stereocenters. The summed E-state index contributed by atoms with van der Waals surface area (Å²) in [6.45, 7) is 1.68. The van der Waals surface area contributed by atoms with Crippen LogP contribution in [0, 0.1) is 11.3 Å². The molecule has 17 heavy (non-hydrogen) atoms. The number of aliphatic hydroxyl groups excluding tert-OH is 1. The van der Waals surface area contributed by atoms with Crippen LogP contribution < -0.4 is 0 Å². The Morgan fingerprint density at radius 2 is 2.35 bits per heavy atom. The molecule has 2 rings (SSSR count). The number of hydrogen-bond donors (Lipinski definition) is 1. The number of aliphatic hydroxyl groups is 1. The molecule has 0 amide bonds. The predicted molar refractivity (Wildman–Crippen MR) is 62.4 cm³/mol. The summed E-state index contributed by atoms with van der Waals surface area (Å²) in [5.74, 6) is 0. The van der Waals surface area contributed by atoms with Crippen LogP contribution in [0.2, 0.25) is 0 Å². The molecule has 1 aromatic carbocycles. The summed E-state index contributed by atoms with van der Waals surface area (Å²) in [6, 6.07) is 7.21. The summed E-state index contributed by atoms with van der Waals surface area (Å²) in [7, 11) is 0. The van der Waals surface area contributed by atoms with E-state index in [4.69, 9.17) is 9.68 Å². The Bertz CT molecular complexity index is 544. The summed E-state index contributed by atoms with van der Waals surface area (Å²) in [5, 5.41) is 19.0. The van der Waals surface area contributed by atoms with E-state index in [2.05, 4.69) is 11.1 Å². The molecule has 86 valence electrons. The number of benzene rings is 1. The van der Waals surface area contributed by atoms with Gasteiger partial charge in [-0.3, -0.25) is 0 Å². The van der Waals surface area contributed by atoms with Gasteiger partial charge in [0.05, 0.1) is 23.9 Å². The highest BCUT2D eigenvalue weighted by Gasteiger charge is 2.12. The van der Waals surface area contributed by atoms with Crippen molar-refractivity contribution in [3.8, 4) is 6.07 Å². The zero-order valence-electron chi connectivity index (χ0n) is 9.12. The highest BCUT2D eigenvalue weighted by atomic mass is 32.2. The lowest BCUT2D eigenvalue weighted by Gasteiger charge is -2.10. The second kappa shape index (κ2) is 5.04. The topological polar surface area (TPSA) is 70.0 Å². The van der Waals surface area contributed by atoms with Crippen LogP contribution in [-0.4, -0.2) is 10.1 Å². The molecule has 0 bridgehead atoms. The van der Waals surface area contributed by atoms with Gasteiger partial charge in [-0.2, -0.15) is 5.26 Å². The van der Waals surface area contributed by atoms with Crippen LogP contribution in [-0.2, 0) is 0 Å². The Labute approximate surface area is 103 Å². The molecule has 0 saturated carbocycles. The van der Waals surface area contributed by atoms with E-state index in [-0.39, 0.29) is 0 Å². The second-order valence-corrected chi connectivity index (χ2v) is 4.43. The van der Waals surface area contributed by atoms with Crippen molar-refractivity contribution in [3.05, 3.63) is 41.8 Å². The standard InChI is InChI=1S/C12H10N2O2S/c1-8(15)10-3-2-9(7-13)6-11(10)17-12-14-4-5-16-12/h2-6,8,15H,1H3/t8-/m0/s1. The molecule has 0 saturated heterocycles. The Hall–Kier alpha value is -1.77. The average molecular weight is 246 g/mol. The Morgan fingerprint density at radius 3 is 2.94 bits per heavy atom. The van der Waals surface area contributed by atoms with Crippen molar-refractivity contribution in [2.24, 2.45) is 0 Å². The Morgan fingerprint density at radius 1 is 1.53 bits per heavy atom. The molecular formula is C12H10N2O2S. The van der Waals surface area contributed by atoms with E-state index >= 15 is 0 Å². The third-order valence-corrected chi connectivity index (χ3v) is 3.15. The van der Waals surface area contributed by atoms with Crippen LogP contribution in [0.15, 0.2) is 45.2 Å². The molecule has 1 aromatic heterocycles. The van der Waals surface area contributed by atoms with Crippen molar-refractivity contribution in [2.75, 3.05) is 0 Å². The fourth-order valence-corrected chi connectivity index (χ4v) is 2.34. The molecule has 5 heteroatoms. The summed E-state index contributed by atoms with van der Waals surface area (Å²) in [6.07, 6.45) is 2.44. The highest BCUT2D eigenvalue weighted by Crippen LogP contribution is 2.33. The largest absolute Gasteiger partial charge is 0.440 e. The van der Waals surface area contributed by atoms with Gasteiger partial charge < -0.3 is 9.52 Å². The smallest absolute Gasteiger partial charge is 0.260 e. The van der Waals surface area contributed by atoms with Gasteiger partial charge in [0.2, 0.25) is 0 Å². The first-order valence-corrected chi connectivity index (χ1v) is 5.82. The summed E-state index contributed by atoms with van der Waals surface area (Å²) in [5.41, 5.74) is 1.30. The normalized spacial score (nSPS) is 12.1. The van der Waals surface area contributed by atoms with E-state index < -0.39 is 6.10 Å². The average Bonchev–Trinajstić information content (AvgIpc) is 2.81. The van der Waals surface area contributed by atoms with Crippen molar-refractivity contribution >= 4 is 11.8 Å². The maximum Gasteiger partial charge on any atom is 0.260 e. The van der Waals surface area contributed by atoms with Crippen molar-refractivity contribution in [1.82, 2.24) is 4.98 Å². The minimum Gasteiger partial charge on any atom is -0.440 e. The third-order valence-electron chi connectivity index (χ3n) is 2.20. The number of nitrogens with zero attached hydrogens (tertiary/aromatic N) is 2. The van der Waals surface area contributed by atoms with E-state index in [0.717, 1.165) is 10.5 Å². The fourth-order valence-electron chi connectivity index (χ4n) is 1.39. The molecule has 0 aliphatic carbocycles. The zero-order valence-corrected chi connectivity index (χ0v) is 9.94. The molecule has 1 N–H and O–H groups in total. The first kappa shape index (κ1) is 11.7. The maximum absolute atomic E-state index is 9.65. The van der Waals surface area contributed by atoms with E-state index in [0.29, 0.717) is 10.8 Å². The van der Waals surface area contributed by atoms with Crippen LogP contribution in [0.5, 0.6) is 0 Å². The van der Waals surface area contributed by atoms with Crippen molar-refractivity contribution in [1.29, 1.82) is 5.26 Å². The summed E-state index contributed by atoms with van der Waals surface area (Å²) in [4.78, 5) is 4.78. The van der Waals surface area contributed by atoms with E-state index in [1.54, 1.807) is 31.3 Å². The van der Waals surface area contributed by atoms with Gasteiger partial charge in [0.1, 0.15) is 6.26 Å². The van der Waals surface area contributed by atoms with Crippen LogP contribution in [0.3, 0.4) is 0 Å². The number of nitriles is 1. The molecule has 0 fully saturated rings. The molecule has 0 unspecified atom stereocenters. The van der Waals surface area contributed by atoms with Crippen molar-refractivity contribution in [3.63, 3.8) is 0 Å². The van der Waals surface area contributed by atoms with Gasteiger partial charge in [-0.15, -0.1) is 0 Å². The van der Waals surface area contributed by atoms with Crippen LogP contribution in [0.25, 0.3) is 0 Å². The molecule has 4 nitrogen and oxygen atoms in total. The van der Waals surface area contributed by atoms with Crippen molar-refractivity contribution in [2.45, 2.75) is 23.1 Å². The number of rotatable bonds is 3. The predicted octanol–water partition coefficient (Wildman–Crippen LogP) is 2.75. The van der Waals surface area contributed by atoms with E-state index in [1.165, 1.54) is 18.0 Å². The Kier molecular flexibility index (Phi) is 3.47. The molecular weight excluding hydrogens is 236 g/mol. The quantitative estimate of drug-likeness (QED) is 0.901. The molecule has 0 spiro atoms. The lowest BCUT2D eigenvalue weighted by molar-refractivity contribution is 0.196. The minimum absolute atomic E-state index is 0.488. The van der Waals surface area contributed by atoms with Gasteiger partial charge in [-0.25, -0.2) is 4.98 Å². The molecule has 0 aliphatic rings. The lowest BCUT2D eigenvalue weighted by Crippen LogP contribution is -1.94. The lowest BCUT2D eigenvalue weighted by atomic mass is 10.1. The van der Waals surface area contributed by atoms with Crippen LogP contribution in [0.1, 0.15) is 24.2 Å². The molecule has 2 aromatic rings.